The van der Waals surface area contributed by atoms with Crippen molar-refractivity contribution < 1.29 is 4.74 Å². The number of aryl methyl sites for hydroxylation is 1. The molecule has 2 heteroatoms. The van der Waals surface area contributed by atoms with Gasteiger partial charge in [0.2, 0.25) is 0 Å². The highest BCUT2D eigenvalue weighted by molar-refractivity contribution is 5.62. The highest BCUT2D eigenvalue weighted by atomic mass is 16.5. The molecular weight excluding hydrogens is 751 g/mol. The van der Waals surface area contributed by atoms with Crippen LogP contribution in [0.1, 0.15) is 94.6 Å². The summed E-state index contributed by atoms with van der Waals surface area (Å²) in [6.45, 7) is 0. The Bertz CT molecular complexity index is 2740. The van der Waals surface area contributed by atoms with Crippen LogP contribution in [0.2, 0.25) is 0 Å². The first kappa shape index (κ1) is 38.1. The average Bonchev–Trinajstić information content (AvgIpc) is 3.73. The van der Waals surface area contributed by atoms with Crippen LogP contribution in [0.4, 0.5) is 0 Å². The second kappa shape index (κ2) is 16.3. The molecule has 0 bridgehead atoms. The molecule has 10 aliphatic carbocycles. The molecule has 0 amide bonds. The fraction of sp³-hybridized carbons (Fsp3) is 0.333. The molecule has 0 spiro atoms. The SMILES string of the molecule is C1=CCC(C2=CCCC3=C2OC2C=CC(C4C=CC(N(C5=CC=C(C6=CC7=C(C=CCC7)CC6)CC5)C5C=CC(C6C=c7c8c(ccc7=CC6)CCC=C8)=CC5)=CC4)=CC32)C=C1. The van der Waals surface area contributed by atoms with Crippen LogP contribution in [0.25, 0.3) is 18.2 Å². The zero-order valence-electron chi connectivity index (χ0n) is 36.2. The monoisotopic (exact) mass is 809 g/mol. The fourth-order valence-corrected chi connectivity index (χ4v) is 12.3. The largest absolute Gasteiger partial charge is 0.485 e. The van der Waals surface area contributed by atoms with Gasteiger partial charge in [-0.3, -0.25) is 0 Å². The van der Waals surface area contributed by atoms with Gasteiger partial charge in [-0.25, -0.2) is 0 Å². The molecular formula is C60H59NO. The van der Waals surface area contributed by atoms with Crippen molar-refractivity contribution in [2.45, 2.75) is 102 Å². The predicted octanol–water partition coefficient (Wildman–Crippen LogP) is 12.8. The van der Waals surface area contributed by atoms with E-state index in [0.717, 1.165) is 64.2 Å². The third kappa shape index (κ3) is 7.04. The van der Waals surface area contributed by atoms with Crippen molar-refractivity contribution in [2.75, 3.05) is 0 Å². The molecule has 310 valence electrons. The summed E-state index contributed by atoms with van der Waals surface area (Å²) in [5, 5.41) is 2.85. The molecule has 0 saturated heterocycles. The number of fused-ring (bicyclic) bond motifs is 5. The lowest BCUT2D eigenvalue weighted by molar-refractivity contribution is 0.167. The van der Waals surface area contributed by atoms with Gasteiger partial charge in [-0.15, -0.1) is 0 Å². The number of hydrogen-bond donors (Lipinski definition) is 0. The standard InChI is InChI=1S/C60H59NO/c1-2-10-44(11-3-1)55-15-8-16-56-58-39-50(29-36-59(58)62-60(55)56)43-27-34-53(35-28-43)61(51-30-23-41(24-31-51)48-21-17-40-9-4-5-13-47(40)37-48)52-32-25-42(26-33-52)49-22-20-46-19-18-45-12-6-7-14-54(45)57(46)38-49/h1-4,7,9-10,14-15,18-20,23,25-27,29-30,32,34-39,43-44,49,52,58-59H,5-6,8,11-13,16-17,21-22,24,28,31,33H2. The number of nitrogens with zero attached hydrogens (tertiary/aromatic N) is 1. The van der Waals surface area contributed by atoms with Gasteiger partial charge in [0.25, 0.3) is 0 Å². The summed E-state index contributed by atoms with van der Waals surface area (Å²) in [7, 11) is 0. The molecule has 0 fully saturated rings. The Morgan fingerprint density at radius 1 is 0.581 bits per heavy atom. The van der Waals surface area contributed by atoms with Crippen molar-refractivity contribution in [1.82, 2.24) is 4.90 Å². The van der Waals surface area contributed by atoms with Crippen LogP contribution in [0.5, 0.6) is 0 Å². The molecule has 0 aromatic heterocycles. The lowest BCUT2D eigenvalue weighted by atomic mass is 9.78. The van der Waals surface area contributed by atoms with Crippen LogP contribution in [0.15, 0.2) is 195 Å². The molecule has 1 heterocycles. The summed E-state index contributed by atoms with van der Waals surface area (Å²) in [5.41, 5.74) is 17.9. The van der Waals surface area contributed by atoms with Gasteiger partial charge < -0.3 is 9.64 Å². The number of rotatable bonds is 7. The lowest BCUT2D eigenvalue weighted by Crippen LogP contribution is -2.35. The number of ether oxygens (including phenoxy) is 1. The number of benzene rings is 1. The quantitative estimate of drug-likeness (QED) is 0.272. The van der Waals surface area contributed by atoms with Crippen LogP contribution < -0.4 is 10.4 Å². The lowest BCUT2D eigenvalue weighted by Gasteiger charge is -2.38. The van der Waals surface area contributed by atoms with Crippen LogP contribution >= 0.6 is 0 Å². The van der Waals surface area contributed by atoms with Crippen molar-refractivity contribution in [3.8, 4) is 0 Å². The minimum atomic E-state index is 0.124. The zero-order chi connectivity index (χ0) is 41.0. The van der Waals surface area contributed by atoms with Gasteiger partial charge in [0.05, 0.1) is 6.04 Å². The zero-order valence-corrected chi connectivity index (χ0v) is 36.2. The van der Waals surface area contributed by atoms with Crippen LogP contribution in [-0.4, -0.2) is 17.0 Å². The molecule has 1 aliphatic heterocycles. The summed E-state index contributed by atoms with van der Waals surface area (Å²) in [6.07, 6.45) is 71.6. The average molecular weight is 810 g/mol. The molecule has 11 aliphatic rings. The number of allylic oxidation sites excluding steroid dienone is 24. The minimum absolute atomic E-state index is 0.124. The summed E-state index contributed by atoms with van der Waals surface area (Å²) in [4.78, 5) is 2.70. The van der Waals surface area contributed by atoms with Gasteiger partial charge in [0, 0.05) is 35.1 Å². The first-order valence-electron chi connectivity index (χ1n) is 24.1. The van der Waals surface area contributed by atoms with Crippen molar-refractivity contribution in [1.29, 1.82) is 0 Å². The van der Waals surface area contributed by atoms with Gasteiger partial charge >= 0.3 is 0 Å². The Labute approximate surface area is 369 Å². The summed E-state index contributed by atoms with van der Waals surface area (Å²) < 4.78 is 6.76. The molecule has 1 aromatic rings. The maximum absolute atomic E-state index is 6.76. The highest BCUT2D eigenvalue weighted by Gasteiger charge is 2.40. The van der Waals surface area contributed by atoms with Crippen LogP contribution in [0.3, 0.4) is 0 Å². The second-order valence-electron chi connectivity index (χ2n) is 19.2. The molecule has 0 radical (unpaired) electrons. The van der Waals surface area contributed by atoms with Gasteiger partial charge in [-0.05, 0) is 174 Å². The van der Waals surface area contributed by atoms with E-state index in [4.69, 9.17) is 4.74 Å². The second-order valence-corrected chi connectivity index (χ2v) is 19.2. The number of hydrogen-bond acceptors (Lipinski definition) is 2. The molecule has 2 nitrogen and oxygen atoms in total. The smallest absolute Gasteiger partial charge is 0.127 e. The third-order valence-corrected chi connectivity index (χ3v) is 15.6. The van der Waals surface area contributed by atoms with Crippen LogP contribution in [-0.2, 0) is 11.2 Å². The normalized spacial score (nSPS) is 30.2. The van der Waals surface area contributed by atoms with E-state index in [-0.39, 0.29) is 12.1 Å². The van der Waals surface area contributed by atoms with E-state index in [0.29, 0.717) is 23.7 Å². The summed E-state index contributed by atoms with van der Waals surface area (Å²) in [6, 6.07) is 5.00. The molecule has 12 rings (SSSR count). The fourth-order valence-electron chi connectivity index (χ4n) is 12.3. The third-order valence-electron chi connectivity index (χ3n) is 15.6. The van der Waals surface area contributed by atoms with Crippen molar-refractivity contribution >= 4 is 18.2 Å². The minimum Gasteiger partial charge on any atom is -0.485 e. The van der Waals surface area contributed by atoms with Crippen LogP contribution in [0, 0.1) is 23.7 Å². The first-order valence-corrected chi connectivity index (χ1v) is 24.1. The van der Waals surface area contributed by atoms with Crippen molar-refractivity contribution in [2.24, 2.45) is 23.7 Å². The van der Waals surface area contributed by atoms with E-state index < -0.39 is 0 Å². The van der Waals surface area contributed by atoms with Gasteiger partial charge in [0.15, 0.2) is 0 Å². The summed E-state index contributed by atoms with van der Waals surface area (Å²) >= 11 is 0. The molecule has 6 unspecified atom stereocenters. The Kier molecular flexibility index (Phi) is 10.00. The van der Waals surface area contributed by atoms with E-state index >= 15 is 0 Å². The van der Waals surface area contributed by atoms with Gasteiger partial charge in [0.1, 0.15) is 11.9 Å². The topological polar surface area (TPSA) is 12.5 Å². The molecule has 0 saturated carbocycles. The molecule has 6 atom stereocenters. The van der Waals surface area contributed by atoms with E-state index in [1.807, 2.05) is 0 Å². The van der Waals surface area contributed by atoms with Gasteiger partial charge in [-0.1, -0.05) is 134 Å². The van der Waals surface area contributed by atoms with Gasteiger partial charge in [-0.2, -0.15) is 0 Å². The molecule has 62 heavy (non-hydrogen) atoms. The molecule has 1 aromatic carbocycles. The Morgan fingerprint density at radius 3 is 2.37 bits per heavy atom. The summed E-state index contributed by atoms with van der Waals surface area (Å²) in [5.74, 6) is 2.77. The Hall–Kier alpha value is -5.60. The van der Waals surface area contributed by atoms with E-state index in [1.54, 1.807) is 22.3 Å². The maximum Gasteiger partial charge on any atom is 0.127 e. The Balaban J connectivity index is 0.810. The maximum atomic E-state index is 6.76. The van der Waals surface area contributed by atoms with E-state index in [9.17, 15) is 0 Å². The van der Waals surface area contributed by atoms with E-state index in [2.05, 4.69) is 157 Å². The molecule has 0 N–H and O–H groups in total. The highest BCUT2D eigenvalue weighted by Crippen LogP contribution is 2.48. The Morgan fingerprint density at radius 2 is 1.50 bits per heavy atom. The van der Waals surface area contributed by atoms with Crippen molar-refractivity contribution in [3.05, 3.63) is 217 Å². The first-order chi connectivity index (χ1) is 30.7. The predicted molar refractivity (Wildman–Crippen MR) is 257 cm³/mol. The van der Waals surface area contributed by atoms with Crippen molar-refractivity contribution in [3.63, 3.8) is 0 Å². The van der Waals surface area contributed by atoms with E-state index in [1.165, 1.54) is 86.7 Å².